The molecule has 1 spiro atoms. The molecule has 0 amide bonds. The molecule has 0 atom stereocenters. The van der Waals surface area contributed by atoms with E-state index in [0.29, 0.717) is 0 Å². The number of benzene rings is 8. The molecule has 4 bridgehead atoms. The van der Waals surface area contributed by atoms with Gasteiger partial charge >= 0.3 is 0 Å². The van der Waals surface area contributed by atoms with E-state index in [0.717, 1.165) is 52.2 Å². The van der Waals surface area contributed by atoms with Crippen LogP contribution in [0.25, 0.3) is 44.5 Å². The van der Waals surface area contributed by atoms with Crippen LogP contribution in [0.4, 0.5) is 17.1 Å². The summed E-state index contributed by atoms with van der Waals surface area (Å²) in [6.45, 7) is 9.43. The molecule has 66 heavy (non-hydrogen) atoms. The van der Waals surface area contributed by atoms with Gasteiger partial charge in [0.05, 0.1) is 0 Å². The van der Waals surface area contributed by atoms with Crippen LogP contribution >= 0.6 is 0 Å². The van der Waals surface area contributed by atoms with Crippen molar-refractivity contribution in [2.75, 3.05) is 4.90 Å². The van der Waals surface area contributed by atoms with E-state index in [1.165, 1.54) is 98.9 Å². The van der Waals surface area contributed by atoms with Crippen LogP contribution in [0.15, 0.2) is 176 Å². The lowest BCUT2D eigenvalue weighted by molar-refractivity contribution is -0.0399. The van der Waals surface area contributed by atoms with Gasteiger partial charge in [-0.2, -0.15) is 0 Å². The molecule has 2 heteroatoms. The van der Waals surface area contributed by atoms with Crippen molar-refractivity contribution < 1.29 is 4.74 Å². The van der Waals surface area contributed by atoms with Gasteiger partial charge in [0, 0.05) is 50.5 Å². The van der Waals surface area contributed by atoms with Gasteiger partial charge in [-0.3, -0.25) is 0 Å². The molecule has 15 rings (SSSR count). The summed E-state index contributed by atoms with van der Waals surface area (Å²) in [4.78, 5) is 2.41. The summed E-state index contributed by atoms with van der Waals surface area (Å²) in [5.74, 6) is 5.26. The zero-order valence-electron chi connectivity index (χ0n) is 38.4. The molecule has 1 aliphatic heterocycles. The Morgan fingerprint density at radius 3 is 1.58 bits per heavy atom. The molecule has 1 heterocycles. The van der Waals surface area contributed by atoms with Crippen molar-refractivity contribution >= 4 is 17.1 Å². The van der Waals surface area contributed by atoms with Crippen molar-refractivity contribution in [3.63, 3.8) is 0 Å². The second-order valence-corrected chi connectivity index (χ2v) is 21.7. The van der Waals surface area contributed by atoms with Gasteiger partial charge in [0.1, 0.15) is 11.5 Å². The number of nitrogens with zero attached hydrogens (tertiary/aromatic N) is 1. The van der Waals surface area contributed by atoms with E-state index < -0.39 is 0 Å². The lowest BCUT2D eigenvalue weighted by atomic mass is 9.43. The largest absolute Gasteiger partial charge is 0.457 e. The SMILES string of the molecule is CC1(C)c2ccc(-c3ccc4c(c3)-c3ccccc3C43C4CC5CC(C4)CC3C5)cc2Oc2cc(N(c3ccc(-c4ccccc4)cc3)c3ccc4c(c3)C(C)(C)c3ccccc3-4)ccc21. The fourth-order valence-electron chi connectivity index (χ4n) is 14.9. The minimum atomic E-state index is -0.256. The summed E-state index contributed by atoms with van der Waals surface area (Å²) in [6.07, 6.45) is 7.10. The molecule has 0 unspecified atom stereocenters. The lowest BCUT2D eigenvalue weighted by Gasteiger charge is -2.61. The Labute approximate surface area is 390 Å². The molecule has 4 saturated carbocycles. The van der Waals surface area contributed by atoms with E-state index >= 15 is 0 Å². The van der Waals surface area contributed by atoms with E-state index in [2.05, 4.69) is 209 Å². The maximum Gasteiger partial charge on any atom is 0.133 e. The number of hydrogen-bond donors (Lipinski definition) is 0. The highest BCUT2D eigenvalue weighted by Gasteiger charge is 2.61. The first kappa shape index (κ1) is 38.6. The molecular formula is C64H55NO. The van der Waals surface area contributed by atoms with Crippen molar-refractivity contribution in [1.82, 2.24) is 0 Å². The Bertz CT molecular complexity index is 3270. The van der Waals surface area contributed by atoms with E-state index in [1.54, 1.807) is 11.1 Å². The summed E-state index contributed by atoms with van der Waals surface area (Å²) in [5, 5.41) is 0. The molecule has 0 saturated heterocycles. The summed E-state index contributed by atoms with van der Waals surface area (Å²) >= 11 is 0. The first-order valence-electron chi connectivity index (χ1n) is 24.6. The number of rotatable bonds is 5. The van der Waals surface area contributed by atoms with Gasteiger partial charge in [-0.25, -0.2) is 0 Å². The highest BCUT2D eigenvalue weighted by molar-refractivity contribution is 5.88. The third-order valence-corrected chi connectivity index (χ3v) is 17.7. The van der Waals surface area contributed by atoms with Crippen LogP contribution < -0.4 is 9.64 Å². The van der Waals surface area contributed by atoms with Crippen LogP contribution in [-0.4, -0.2) is 0 Å². The monoisotopic (exact) mass is 853 g/mol. The molecule has 8 aromatic carbocycles. The van der Waals surface area contributed by atoms with Crippen molar-refractivity contribution in [2.45, 2.75) is 76.0 Å². The Kier molecular flexibility index (Phi) is 8.02. The summed E-state index contributed by atoms with van der Waals surface area (Å²) in [5.41, 5.74) is 22.0. The molecule has 7 aliphatic rings. The van der Waals surface area contributed by atoms with Gasteiger partial charge < -0.3 is 9.64 Å². The minimum absolute atomic E-state index is 0.117. The number of ether oxygens (including phenoxy) is 1. The Morgan fingerprint density at radius 1 is 0.364 bits per heavy atom. The number of hydrogen-bond acceptors (Lipinski definition) is 2. The molecule has 6 aliphatic carbocycles. The van der Waals surface area contributed by atoms with Crippen LogP contribution in [-0.2, 0) is 16.2 Å². The molecule has 8 aromatic rings. The van der Waals surface area contributed by atoms with Crippen molar-refractivity contribution in [3.05, 3.63) is 209 Å². The van der Waals surface area contributed by atoms with Crippen LogP contribution in [0.2, 0.25) is 0 Å². The molecular weight excluding hydrogens is 799 g/mol. The third kappa shape index (κ3) is 5.30. The zero-order valence-corrected chi connectivity index (χ0v) is 38.4. The summed E-state index contributed by atoms with van der Waals surface area (Å²) < 4.78 is 7.14. The molecule has 0 aromatic heterocycles. The highest BCUT2D eigenvalue weighted by Crippen LogP contribution is 2.69. The van der Waals surface area contributed by atoms with E-state index in [1.807, 2.05) is 0 Å². The standard InChI is InChI=1S/C64H55NO/c1-62(2)54-16-10-8-14-50(54)52-26-24-48(37-59(52)62)65(47-22-18-42(19-23-47)41-12-6-5-7-13-41)49-25-29-58-61(38-49)66-60-36-44(21-28-57(60)63(58,3)4)43-20-27-56-53(35-43)51-15-9-11-17-55(51)64(56)45-31-39-30-40(33-45)34-46(64)32-39/h5-29,35-40,45-46H,30-34H2,1-4H3. The van der Waals surface area contributed by atoms with Crippen molar-refractivity contribution in [3.8, 4) is 56.0 Å². The average molecular weight is 854 g/mol. The molecule has 0 radical (unpaired) electrons. The van der Waals surface area contributed by atoms with Gasteiger partial charge in [0.15, 0.2) is 0 Å². The Morgan fingerprint density at radius 2 is 0.848 bits per heavy atom. The lowest BCUT2D eigenvalue weighted by Crippen LogP contribution is -2.55. The minimum Gasteiger partial charge on any atom is -0.457 e. The van der Waals surface area contributed by atoms with Gasteiger partial charge in [0.25, 0.3) is 0 Å². The normalized spacial score (nSPS) is 23.6. The fraction of sp³-hybridized carbons (Fsp3) is 0.250. The van der Waals surface area contributed by atoms with Gasteiger partial charge in [-0.1, -0.05) is 155 Å². The maximum absolute atomic E-state index is 7.14. The first-order valence-corrected chi connectivity index (χ1v) is 24.6. The molecule has 2 nitrogen and oxygen atoms in total. The van der Waals surface area contributed by atoms with Gasteiger partial charge in [-0.05, 0) is 165 Å². The Balaban J connectivity index is 0.853. The highest BCUT2D eigenvalue weighted by atomic mass is 16.5. The third-order valence-electron chi connectivity index (χ3n) is 17.7. The predicted octanol–water partition coefficient (Wildman–Crippen LogP) is 17.0. The molecule has 0 N–H and O–H groups in total. The second kappa shape index (κ2) is 13.7. The van der Waals surface area contributed by atoms with E-state index in [-0.39, 0.29) is 16.2 Å². The first-order chi connectivity index (χ1) is 32.2. The van der Waals surface area contributed by atoms with Crippen LogP contribution in [0.5, 0.6) is 11.5 Å². The van der Waals surface area contributed by atoms with Crippen LogP contribution in [0, 0.1) is 23.7 Å². The smallest absolute Gasteiger partial charge is 0.133 e. The van der Waals surface area contributed by atoms with E-state index in [9.17, 15) is 0 Å². The van der Waals surface area contributed by atoms with Crippen LogP contribution in [0.1, 0.15) is 93.2 Å². The Hall–Kier alpha value is -6.64. The number of fused-ring (bicyclic) bond motifs is 8. The van der Waals surface area contributed by atoms with Crippen molar-refractivity contribution in [2.24, 2.45) is 23.7 Å². The average Bonchev–Trinajstić information content (AvgIpc) is 3.75. The summed E-state index contributed by atoms with van der Waals surface area (Å²) in [6, 6.07) is 66.4. The van der Waals surface area contributed by atoms with Crippen LogP contribution in [0.3, 0.4) is 0 Å². The fourth-order valence-corrected chi connectivity index (χ4v) is 14.9. The predicted molar refractivity (Wildman–Crippen MR) is 271 cm³/mol. The second-order valence-electron chi connectivity index (χ2n) is 21.7. The summed E-state index contributed by atoms with van der Waals surface area (Å²) in [7, 11) is 0. The quantitative estimate of drug-likeness (QED) is 0.171. The molecule has 4 fully saturated rings. The number of anilines is 3. The zero-order chi connectivity index (χ0) is 44.1. The van der Waals surface area contributed by atoms with Gasteiger partial charge in [0.2, 0.25) is 0 Å². The maximum atomic E-state index is 7.14. The van der Waals surface area contributed by atoms with Gasteiger partial charge in [-0.15, -0.1) is 0 Å². The van der Waals surface area contributed by atoms with E-state index in [4.69, 9.17) is 4.74 Å². The molecule has 322 valence electrons. The topological polar surface area (TPSA) is 12.5 Å². The van der Waals surface area contributed by atoms with Crippen molar-refractivity contribution in [1.29, 1.82) is 0 Å².